The summed E-state index contributed by atoms with van der Waals surface area (Å²) in [5.41, 5.74) is 3.78. The number of aromatic nitrogens is 3. The second kappa shape index (κ2) is 6.04. The van der Waals surface area contributed by atoms with Gasteiger partial charge in [0.05, 0.1) is 19.0 Å². The van der Waals surface area contributed by atoms with Crippen LogP contribution in [0.15, 0.2) is 73.2 Å². The molecule has 0 aliphatic rings. The molecule has 2 aromatic carbocycles. The Bertz CT molecular complexity index is 979. The average molecular weight is 316 g/mol. The van der Waals surface area contributed by atoms with Gasteiger partial charge in [0.15, 0.2) is 11.5 Å². The summed E-state index contributed by atoms with van der Waals surface area (Å²) in [5, 5.41) is 3.32. The van der Waals surface area contributed by atoms with Gasteiger partial charge in [-0.2, -0.15) is 0 Å². The quantitative estimate of drug-likeness (QED) is 0.614. The highest BCUT2D eigenvalue weighted by Crippen LogP contribution is 2.27. The summed E-state index contributed by atoms with van der Waals surface area (Å²) in [4.78, 5) is 8.97. The number of anilines is 2. The first kappa shape index (κ1) is 14.3. The molecule has 0 fully saturated rings. The molecule has 0 aliphatic carbocycles. The number of rotatable bonds is 4. The topological polar surface area (TPSA) is 51.5 Å². The lowest BCUT2D eigenvalue weighted by molar-refractivity contribution is 0.415. The van der Waals surface area contributed by atoms with Crippen molar-refractivity contribution in [1.82, 2.24) is 14.4 Å². The molecule has 0 saturated carbocycles. The zero-order valence-electron chi connectivity index (χ0n) is 13.2. The number of hydrogen-bond donors (Lipinski definition) is 1. The highest BCUT2D eigenvalue weighted by atomic mass is 16.5. The monoisotopic (exact) mass is 316 g/mol. The number of hydrogen-bond acceptors (Lipinski definition) is 4. The summed E-state index contributed by atoms with van der Waals surface area (Å²) in [7, 11) is 1.67. The highest BCUT2D eigenvalue weighted by molar-refractivity contribution is 5.74. The Morgan fingerprint density at radius 2 is 1.88 bits per heavy atom. The van der Waals surface area contributed by atoms with E-state index >= 15 is 0 Å². The number of nitrogens with one attached hydrogen (secondary N) is 1. The normalized spacial score (nSPS) is 10.7. The third-order valence-electron chi connectivity index (χ3n) is 3.83. The maximum absolute atomic E-state index is 5.31. The van der Waals surface area contributed by atoms with E-state index < -0.39 is 0 Å². The van der Waals surface area contributed by atoms with E-state index in [1.807, 2.05) is 71.4 Å². The van der Waals surface area contributed by atoms with Gasteiger partial charge in [-0.3, -0.25) is 4.40 Å². The van der Waals surface area contributed by atoms with Gasteiger partial charge in [-0.1, -0.05) is 30.3 Å². The van der Waals surface area contributed by atoms with Gasteiger partial charge < -0.3 is 10.1 Å². The van der Waals surface area contributed by atoms with Crippen LogP contribution in [0.5, 0.6) is 5.75 Å². The molecule has 24 heavy (non-hydrogen) atoms. The molecule has 0 aliphatic heterocycles. The van der Waals surface area contributed by atoms with Gasteiger partial charge in [-0.25, -0.2) is 9.97 Å². The van der Waals surface area contributed by atoms with Gasteiger partial charge in [0.2, 0.25) is 0 Å². The molecule has 0 spiro atoms. The molecule has 4 rings (SSSR count). The van der Waals surface area contributed by atoms with Crippen LogP contribution in [0.1, 0.15) is 0 Å². The number of benzene rings is 2. The SMILES string of the molecule is COc1cccc(-c2cnc3c(Nc4ccccc4)nccn23)c1. The van der Waals surface area contributed by atoms with Gasteiger partial charge in [0.25, 0.3) is 0 Å². The van der Waals surface area contributed by atoms with Crippen LogP contribution in [0.25, 0.3) is 16.9 Å². The fourth-order valence-electron chi connectivity index (χ4n) is 2.66. The van der Waals surface area contributed by atoms with Crippen LogP contribution in [-0.4, -0.2) is 21.5 Å². The molecule has 0 amide bonds. The molecule has 0 bridgehead atoms. The molecule has 118 valence electrons. The van der Waals surface area contributed by atoms with Crippen LogP contribution in [0, 0.1) is 0 Å². The number of imidazole rings is 1. The van der Waals surface area contributed by atoms with Gasteiger partial charge in [-0.15, -0.1) is 0 Å². The second-order valence-corrected chi connectivity index (χ2v) is 5.34. The van der Waals surface area contributed by atoms with Crippen LogP contribution in [0.3, 0.4) is 0 Å². The van der Waals surface area contributed by atoms with Crippen molar-refractivity contribution in [3.63, 3.8) is 0 Å². The van der Waals surface area contributed by atoms with Crippen molar-refractivity contribution in [1.29, 1.82) is 0 Å². The maximum Gasteiger partial charge on any atom is 0.180 e. The minimum atomic E-state index is 0.720. The molecule has 5 nitrogen and oxygen atoms in total. The van der Waals surface area contributed by atoms with Crippen molar-refractivity contribution in [2.45, 2.75) is 0 Å². The summed E-state index contributed by atoms with van der Waals surface area (Å²) in [5.74, 6) is 1.54. The Kier molecular flexibility index (Phi) is 3.59. The molecule has 0 unspecified atom stereocenters. The Balaban J connectivity index is 1.78. The number of methoxy groups -OCH3 is 1. The van der Waals surface area contributed by atoms with Crippen LogP contribution in [-0.2, 0) is 0 Å². The minimum Gasteiger partial charge on any atom is -0.497 e. The first-order valence-electron chi connectivity index (χ1n) is 7.64. The lowest BCUT2D eigenvalue weighted by Gasteiger charge is -2.08. The van der Waals surface area contributed by atoms with E-state index in [-0.39, 0.29) is 0 Å². The van der Waals surface area contributed by atoms with E-state index in [4.69, 9.17) is 4.74 Å². The van der Waals surface area contributed by atoms with Crippen LogP contribution >= 0.6 is 0 Å². The van der Waals surface area contributed by atoms with E-state index in [9.17, 15) is 0 Å². The van der Waals surface area contributed by atoms with Crippen molar-refractivity contribution >= 4 is 17.2 Å². The molecule has 4 aromatic rings. The third-order valence-corrected chi connectivity index (χ3v) is 3.83. The molecule has 0 atom stereocenters. The molecule has 2 aromatic heterocycles. The van der Waals surface area contributed by atoms with Gasteiger partial charge in [0.1, 0.15) is 5.75 Å². The minimum absolute atomic E-state index is 0.720. The summed E-state index contributed by atoms with van der Waals surface area (Å²) >= 11 is 0. The molecular formula is C19H16N4O. The van der Waals surface area contributed by atoms with Gasteiger partial charge in [0, 0.05) is 23.6 Å². The third kappa shape index (κ3) is 2.56. The largest absolute Gasteiger partial charge is 0.497 e. The number of para-hydroxylation sites is 1. The van der Waals surface area contributed by atoms with Crippen molar-refractivity contribution in [2.24, 2.45) is 0 Å². The number of nitrogens with zero attached hydrogens (tertiary/aromatic N) is 3. The van der Waals surface area contributed by atoms with E-state index in [0.717, 1.165) is 34.2 Å². The zero-order chi connectivity index (χ0) is 16.4. The van der Waals surface area contributed by atoms with Crippen molar-refractivity contribution in [3.8, 4) is 17.0 Å². The predicted molar refractivity (Wildman–Crippen MR) is 94.7 cm³/mol. The Morgan fingerprint density at radius 3 is 2.71 bits per heavy atom. The van der Waals surface area contributed by atoms with Crippen molar-refractivity contribution in [3.05, 3.63) is 73.2 Å². The first-order valence-corrected chi connectivity index (χ1v) is 7.64. The molecule has 0 saturated heterocycles. The molecule has 5 heteroatoms. The van der Waals surface area contributed by atoms with Crippen LogP contribution in [0.4, 0.5) is 11.5 Å². The van der Waals surface area contributed by atoms with Crippen LogP contribution in [0.2, 0.25) is 0 Å². The van der Waals surface area contributed by atoms with E-state index in [1.165, 1.54) is 0 Å². The van der Waals surface area contributed by atoms with E-state index in [2.05, 4.69) is 15.3 Å². The lowest BCUT2D eigenvalue weighted by atomic mass is 10.1. The van der Waals surface area contributed by atoms with Crippen LogP contribution < -0.4 is 10.1 Å². The molecular weight excluding hydrogens is 300 g/mol. The smallest absolute Gasteiger partial charge is 0.180 e. The second-order valence-electron chi connectivity index (χ2n) is 5.34. The Hall–Kier alpha value is -3.34. The fraction of sp³-hybridized carbons (Fsp3) is 0.0526. The number of ether oxygens (including phenoxy) is 1. The fourth-order valence-corrected chi connectivity index (χ4v) is 2.66. The van der Waals surface area contributed by atoms with Gasteiger partial charge in [-0.05, 0) is 24.3 Å². The maximum atomic E-state index is 5.31. The highest BCUT2D eigenvalue weighted by Gasteiger charge is 2.11. The van der Waals surface area contributed by atoms with E-state index in [1.54, 1.807) is 13.3 Å². The Labute approximate surface area is 139 Å². The lowest BCUT2D eigenvalue weighted by Crippen LogP contribution is -1.98. The average Bonchev–Trinajstić information content (AvgIpc) is 3.08. The summed E-state index contributed by atoms with van der Waals surface area (Å²) in [6, 6.07) is 17.9. The van der Waals surface area contributed by atoms with Crippen molar-refractivity contribution in [2.75, 3.05) is 12.4 Å². The Morgan fingerprint density at radius 1 is 1.00 bits per heavy atom. The number of fused-ring (bicyclic) bond motifs is 1. The molecule has 2 heterocycles. The standard InChI is InChI=1S/C19H16N4O/c1-24-16-9-5-6-14(12-16)17-13-21-19-18(20-10-11-23(17)19)22-15-7-3-2-4-8-15/h2-13H,1H3,(H,20,22). The summed E-state index contributed by atoms with van der Waals surface area (Å²) in [6.45, 7) is 0. The predicted octanol–water partition coefficient (Wildman–Crippen LogP) is 4.15. The molecule has 0 radical (unpaired) electrons. The first-order chi connectivity index (χ1) is 11.8. The van der Waals surface area contributed by atoms with Gasteiger partial charge >= 0.3 is 0 Å². The summed E-state index contributed by atoms with van der Waals surface area (Å²) in [6.07, 6.45) is 5.53. The molecule has 1 N–H and O–H groups in total. The van der Waals surface area contributed by atoms with Crippen molar-refractivity contribution < 1.29 is 4.74 Å². The summed E-state index contributed by atoms with van der Waals surface area (Å²) < 4.78 is 7.33. The van der Waals surface area contributed by atoms with E-state index in [0.29, 0.717) is 0 Å². The zero-order valence-corrected chi connectivity index (χ0v) is 13.2.